The minimum atomic E-state index is -0.217. The van der Waals surface area contributed by atoms with Gasteiger partial charge in [0.25, 0.3) is 5.91 Å². The van der Waals surface area contributed by atoms with E-state index in [0.717, 1.165) is 49.6 Å². The lowest BCUT2D eigenvalue weighted by Crippen LogP contribution is -2.35. The van der Waals surface area contributed by atoms with Gasteiger partial charge in [0.05, 0.1) is 11.2 Å². The smallest absolute Gasteiger partial charge is 0.253 e. The number of nitrogens with zero attached hydrogens (tertiary/aromatic N) is 3. The highest BCUT2D eigenvalue weighted by Gasteiger charge is 2.20. The van der Waals surface area contributed by atoms with Crippen LogP contribution in [-0.4, -0.2) is 46.9 Å². The Morgan fingerprint density at radius 2 is 1.83 bits per heavy atom. The number of hydrogen-bond acceptors (Lipinski definition) is 5. The van der Waals surface area contributed by atoms with E-state index in [2.05, 4.69) is 9.88 Å². The van der Waals surface area contributed by atoms with Crippen LogP contribution in [0.4, 0.5) is 4.39 Å². The Morgan fingerprint density at radius 3 is 2.57 bits per heavy atom. The highest BCUT2D eigenvalue weighted by molar-refractivity contribution is 7.07. The number of carbonyl (C=O) groups excluding carboxylic acids is 1. The number of halogens is 1. The van der Waals surface area contributed by atoms with Gasteiger partial charge in [-0.2, -0.15) is 0 Å². The minimum absolute atomic E-state index is 0.0460. The first-order chi connectivity index (χ1) is 14.7. The molecule has 1 aromatic heterocycles. The van der Waals surface area contributed by atoms with Gasteiger partial charge < -0.3 is 9.64 Å². The van der Waals surface area contributed by atoms with Crippen molar-refractivity contribution in [2.24, 2.45) is 0 Å². The molecule has 1 aliphatic heterocycles. The van der Waals surface area contributed by atoms with Crippen LogP contribution in [0.5, 0.6) is 5.75 Å². The zero-order valence-electron chi connectivity index (χ0n) is 16.7. The molecule has 7 heteroatoms. The highest BCUT2D eigenvalue weighted by atomic mass is 32.1. The Bertz CT molecular complexity index is 946. The van der Waals surface area contributed by atoms with Crippen LogP contribution in [0.2, 0.25) is 0 Å². The van der Waals surface area contributed by atoms with E-state index in [0.29, 0.717) is 18.7 Å². The normalized spacial score (nSPS) is 15.0. The second-order valence-corrected chi connectivity index (χ2v) is 8.06. The van der Waals surface area contributed by atoms with Gasteiger partial charge in [-0.1, -0.05) is 12.1 Å². The summed E-state index contributed by atoms with van der Waals surface area (Å²) in [6, 6.07) is 13.9. The van der Waals surface area contributed by atoms with E-state index in [4.69, 9.17) is 4.74 Å². The Balaban J connectivity index is 1.30. The average molecular weight is 426 g/mol. The predicted octanol–water partition coefficient (Wildman–Crippen LogP) is 4.21. The zero-order valence-corrected chi connectivity index (χ0v) is 17.5. The number of carbonyl (C=O) groups is 1. The van der Waals surface area contributed by atoms with E-state index in [1.807, 2.05) is 46.7 Å². The maximum atomic E-state index is 13.1. The summed E-state index contributed by atoms with van der Waals surface area (Å²) in [7, 11) is 0. The number of hydrogen-bond donors (Lipinski definition) is 0. The quantitative estimate of drug-likeness (QED) is 0.594. The van der Waals surface area contributed by atoms with Crippen LogP contribution in [0.3, 0.4) is 0 Å². The molecule has 1 fully saturated rings. The van der Waals surface area contributed by atoms with E-state index in [9.17, 15) is 9.18 Å². The molecule has 156 valence electrons. The monoisotopic (exact) mass is 425 g/mol. The fraction of sp³-hybridized carbons (Fsp3) is 0.304. The molecular formula is C23H24FN3O2S. The maximum absolute atomic E-state index is 13.1. The summed E-state index contributed by atoms with van der Waals surface area (Å²) < 4.78 is 18.8. The van der Waals surface area contributed by atoms with Crippen LogP contribution in [-0.2, 0) is 13.2 Å². The Hall–Kier alpha value is -2.77. The number of amides is 1. The molecule has 4 rings (SSSR count). The number of ether oxygens (including phenoxy) is 1. The topological polar surface area (TPSA) is 45.7 Å². The van der Waals surface area contributed by atoms with Crippen molar-refractivity contribution in [2.45, 2.75) is 19.6 Å². The minimum Gasteiger partial charge on any atom is -0.487 e. The summed E-state index contributed by atoms with van der Waals surface area (Å²) in [5.74, 6) is 0.552. The van der Waals surface area contributed by atoms with Crippen molar-refractivity contribution in [2.75, 3.05) is 26.2 Å². The first kappa shape index (κ1) is 20.5. The van der Waals surface area contributed by atoms with Crippen LogP contribution < -0.4 is 4.74 Å². The second-order valence-electron chi connectivity index (χ2n) is 7.34. The van der Waals surface area contributed by atoms with Gasteiger partial charge in [-0.15, -0.1) is 11.3 Å². The SMILES string of the molecule is O=C(c1ccc(OCc2cscn2)cc1)N1CCCN(Cc2ccc(F)cc2)CC1. The fourth-order valence-electron chi connectivity index (χ4n) is 3.52. The largest absolute Gasteiger partial charge is 0.487 e. The molecule has 0 N–H and O–H groups in total. The number of benzene rings is 2. The highest BCUT2D eigenvalue weighted by Crippen LogP contribution is 2.17. The van der Waals surface area contributed by atoms with Crippen molar-refractivity contribution in [1.29, 1.82) is 0 Å². The lowest BCUT2D eigenvalue weighted by molar-refractivity contribution is 0.0761. The third-order valence-electron chi connectivity index (χ3n) is 5.17. The van der Waals surface area contributed by atoms with E-state index in [1.165, 1.54) is 23.5 Å². The molecule has 0 saturated carbocycles. The molecule has 0 bridgehead atoms. The summed E-state index contributed by atoms with van der Waals surface area (Å²) in [4.78, 5) is 21.4. The van der Waals surface area contributed by atoms with Crippen molar-refractivity contribution >= 4 is 17.2 Å². The van der Waals surface area contributed by atoms with Crippen LogP contribution in [0, 0.1) is 5.82 Å². The molecule has 1 amide bonds. The fourth-order valence-corrected chi connectivity index (χ4v) is 4.07. The van der Waals surface area contributed by atoms with Gasteiger partial charge in [-0.05, 0) is 48.4 Å². The van der Waals surface area contributed by atoms with Crippen LogP contribution in [0.1, 0.15) is 28.0 Å². The van der Waals surface area contributed by atoms with Crippen molar-refractivity contribution in [3.63, 3.8) is 0 Å². The summed E-state index contributed by atoms with van der Waals surface area (Å²) in [5.41, 5.74) is 4.44. The van der Waals surface area contributed by atoms with Gasteiger partial charge in [-0.3, -0.25) is 9.69 Å². The van der Waals surface area contributed by atoms with E-state index in [-0.39, 0.29) is 11.7 Å². The lowest BCUT2D eigenvalue weighted by Gasteiger charge is -2.22. The van der Waals surface area contributed by atoms with Gasteiger partial charge in [0.2, 0.25) is 0 Å². The van der Waals surface area contributed by atoms with E-state index < -0.39 is 0 Å². The molecule has 0 unspecified atom stereocenters. The number of aromatic nitrogens is 1. The Kier molecular flexibility index (Phi) is 6.71. The molecule has 0 radical (unpaired) electrons. The van der Waals surface area contributed by atoms with Crippen molar-refractivity contribution < 1.29 is 13.9 Å². The summed E-state index contributed by atoms with van der Waals surface area (Å²) in [5, 5.41) is 1.95. The molecule has 0 spiro atoms. The number of thiazole rings is 1. The molecule has 1 aliphatic rings. The molecular weight excluding hydrogens is 401 g/mol. The van der Waals surface area contributed by atoms with Crippen molar-refractivity contribution in [3.8, 4) is 5.75 Å². The molecule has 0 atom stereocenters. The first-order valence-corrected chi connectivity index (χ1v) is 11.0. The molecule has 30 heavy (non-hydrogen) atoms. The third kappa shape index (κ3) is 5.43. The van der Waals surface area contributed by atoms with Crippen LogP contribution in [0.25, 0.3) is 0 Å². The van der Waals surface area contributed by atoms with Crippen molar-refractivity contribution in [3.05, 3.63) is 82.1 Å². The molecule has 2 heterocycles. The van der Waals surface area contributed by atoms with E-state index >= 15 is 0 Å². The summed E-state index contributed by atoms with van der Waals surface area (Å²) in [6.07, 6.45) is 0.918. The average Bonchev–Trinajstić information content (AvgIpc) is 3.19. The summed E-state index contributed by atoms with van der Waals surface area (Å²) >= 11 is 1.54. The van der Waals surface area contributed by atoms with Gasteiger partial charge in [0.1, 0.15) is 18.2 Å². The van der Waals surface area contributed by atoms with Gasteiger partial charge in [-0.25, -0.2) is 9.37 Å². The lowest BCUT2D eigenvalue weighted by atomic mass is 10.2. The van der Waals surface area contributed by atoms with Gasteiger partial charge in [0.15, 0.2) is 0 Å². The summed E-state index contributed by atoms with van der Waals surface area (Å²) in [6.45, 7) is 4.34. The predicted molar refractivity (Wildman–Crippen MR) is 115 cm³/mol. The maximum Gasteiger partial charge on any atom is 0.253 e. The zero-order chi connectivity index (χ0) is 20.8. The Morgan fingerprint density at radius 1 is 1.03 bits per heavy atom. The molecule has 2 aromatic carbocycles. The molecule has 0 aliphatic carbocycles. The third-order valence-corrected chi connectivity index (χ3v) is 5.80. The van der Waals surface area contributed by atoms with Crippen molar-refractivity contribution in [1.82, 2.24) is 14.8 Å². The molecule has 3 aromatic rings. The number of rotatable bonds is 6. The van der Waals surface area contributed by atoms with E-state index in [1.54, 1.807) is 5.51 Å². The second kappa shape index (κ2) is 9.82. The van der Waals surface area contributed by atoms with Gasteiger partial charge >= 0.3 is 0 Å². The molecule has 5 nitrogen and oxygen atoms in total. The first-order valence-electron chi connectivity index (χ1n) is 10.0. The molecule has 1 saturated heterocycles. The van der Waals surface area contributed by atoms with Crippen LogP contribution >= 0.6 is 11.3 Å². The van der Waals surface area contributed by atoms with Crippen LogP contribution in [0.15, 0.2) is 59.4 Å². The Labute approximate surface area is 179 Å². The van der Waals surface area contributed by atoms with Gasteiger partial charge in [0, 0.05) is 43.7 Å². The standard InChI is InChI=1S/C23H24FN3O2S/c24-20-6-2-18(3-7-20)14-26-10-1-11-27(13-12-26)23(28)19-4-8-22(9-5-19)29-15-21-16-30-17-25-21/h2-9,16-17H,1,10-15H2.